The Bertz CT molecular complexity index is 500. The molecule has 0 radical (unpaired) electrons. The molecule has 0 bridgehead atoms. The molecule has 2 aromatic rings. The van der Waals surface area contributed by atoms with Gasteiger partial charge in [0.1, 0.15) is 11.5 Å². The summed E-state index contributed by atoms with van der Waals surface area (Å²) in [5, 5.41) is 0.0458. The van der Waals surface area contributed by atoms with E-state index in [1.165, 1.54) is 11.8 Å². The van der Waals surface area contributed by atoms with Gasteiger partial charge in [-0.05, 0) is 31.7 Å². The summed E-state index contributed by atoms with van der Waals surface area (Å²) in [5.41, 5.74) is 0.714. The van der Waals surface area contributed by atoms with Crippen molar-refractivity contribution in [2.75, 3.05) is 0 Å². The zero-order valence-corrected chi connectivity index (χ0v) is 10.0. The molecule has 1 aromatic heterocycles. The van der Waals surface area contributed by atoms with E-state index in [-0.39, 0.29) is 5.12 Å². The van der Waals surface area contributed by atoms with E-state index in [2.05, 4.69) is 0 Å². The number of hydrogen-bond donors (Lipinski definition) is 0. The quantitative estimate of drug-likeness (QED) is 0.737. The van der Waals surface area contributed by atoms with Gasteiger partial charge in [0.2, 0.25) is 5.12 Å². The highest BCUT2D eigenvalue weighted by Crippen LogP contribution is 2.28. The van der Waals surface area contributed by atoms with Gasteiger partial charge in [0.15, 0.2) is 0 Å². The summed E-state index contributed by atoms with van der Waals surface area (Å²) in [4.78, 5) is 12.8. The predicted octanol–water partition coefficient (Wildman–Crippen LogP) is 3.83. The molecule has 2 nitrogen and oxygen atoms in total. The topological polar surface area (TPSA) is 30.2 Å². The van der Waals surface area contributed by atoms with Crippen LogP contribution in [0.2, 0.25) is 0 Å². The van der Waals surface area contributed by atoms with Crippen molar-refractivity contribution in [2.45, 2.75) is 18.7 Å². The van der Waals surface area contributed by atoms with Gasteiger partial charge in [0, 0.05) is 5.56 Å². The van der Waals surface area contributed by atoms with Crippen LogP contribution in [-0.4, -0.2) is 5.12 Å². The van der Waals surface area contributed by atoms with Gasteiger partial charge in [0.25, 0.3) is 0 Å². The second-order valence-electron chi connectivity index (χ2n) is 3.53. The van der Waals surface area contributed by atoms with E-state index in [0.29, 0.717) is 5.56 Å². The summed E-state index contributed by atoms with van der Waals surface area (Å²) in [6, 6.07) is 11.1. The first-order valence-corrected chi connectivity index (χ1v) is 5.83. The first-order valence-electron chi connectivity index (χ1n) is 5.01. The Hall–Kier alpha value is -1.48. The van der Waals surface area contributed by atoms with Crippen molar-refractivity contribution in [3.63, 3.8) is 0 Å². The van der Waals surface area contributed by atoms with Crippen molar-refractivity contribution < 1.29 is 9.21 Å². The Morgan fingerprint density at radius 1 is 1.19 bits per heavy atom. The molecule has 0 spiro atoms. The average Bonchev–Trinajstić information content (AvgIpc) is 2.59. The lowest BCUT2D eigenvalue weighted by molar-refractivity contribution is 0.108. The molecule has 0 aliphatic carbocycles. The molecule has 0 fully saturated rings. The Labute approximate surface area is 98.7 Å². The van der Waals surface area contributed by atoms with E-state index in [1.807, 2.05) is 50.2 Å². The minimum absolute atomic E-state index is 0.0458. The van der Waals surface area contributed by atoms with Crippen molar-refractivity contribution in [2.24, 2.45) is 0 Å². The van der Waals surface area contributed by atoms with Crippen LogP contribution in [0.25, 0.3) is 0 Å². The number of benzene rings is 1. The molecule has 3 heteroatoms. The van der Waals surface area contributed by atoms with Crippen LogP contribution in [-0.2, 0) is 0 Å². The van der Waals surface area contributed by atoms with Gasteiger partial charge in [-0.25, -0.2) is 0 Å². The largest absolute Gasteiger partial charge is 0.465 e. The van der Waals surface area contributed by atoms with Crippen LogP contribution in [0.3, 0.4) is 0 Å². The summed E-state index contributed by atoms with van der Waals surface area (Å²) in [6.45, 7) is 3.75. The normalized spacial score (nSPS) is 10.4. The summed E-state index contributed by atoms with van der Waals surface area (Å²) < 4.78 is 5.38. The van der Waals surface area contributed by atoms with Crippen molar-refractivity contribution in [3.05, 3.63) is 53.5 Å². The fraction of sp³-hybridized carbons (Fsp3) is 0.154. The van der Waals surface area contributed by atoms with Gasteiger partial charge in [-0.1, -0.05) is 30.3 Å². The lowest BCUT2D eigenvalue weighted by Gasteiger charge is -1.98. The van der Waals surface area contributed by atoms with Crippen LogP contribution in [0.15, 0.2) is 45.7 Å². The lowest BCUT2D eigenvalue weighted by atomic mass is 10.2. The fourth-order valence-electron chi connectivity index (χ4n) is 1.44. The van der Waals surface area contributed by atoms with Crippen LogP contribution in [0.4, 0.5) is 0 Å². The highest BCUT2D eigenvalue weighted by atomic mass is 32.2. The van der Waals surface area contributed by atoms with Crippen LogP contribution >= 0.6 is 11.8 Å². The van der Waals surface area contributed by atoms with Gasteiger partial charge in [-0.2, -0.15) is 0 Å². The fourth-order valence-corrected chi connectivity index (χ4v) is 2.31. The summed E-state index contributed by atoms with van der Waals surface area (Å²) in [5.74, 6) is 1.63. The van der Waals surface area contributed by atoms with Gasteiger partial charge >= 0.3 is 0 Å². The van der Waals surface area contributed by atoms with E-state index in [0.717, 1.165) is 16.4 Å². The predicted molar refractivity (Wildman–Crippen MR) is 64.8 cm³/mol. The molecule has 0 N–H and O–H groups in total. The van der Waals surface area contributed by atoms with E-state index in [1.54, 1.807) is 0 Å². The van der Waals surface area contributed by atoms with Gasteiger partial charge in [-0.15, -0.1) is 0 Å². The van der Waals surface area contributed by atoms with Crippen molar-refractivity contribution in [1.29, 1.82) is 0 Å². The van der Waals surface area contributed by atoms with Gasteiger partial charge in [0.05, 0.1) is 4.90 Å². The lowest BCUT2D eigenvalue weighted by Crippen LogP contribution is -1.91. The number of carbonyl (C=O) groups excluding carboxylic acids is 1. The highest BCUT2D eigenvalue weighted by Gasteiger charge is 2.12. The van der Waals surface area contributed by atoms with Crippen molar-refractivity contribution in [1.82, 2.24) is 0 Å². The minimum Gasteiger partial charge on any atom is -0.465 e. The highest BCUT2D eigenvalue weighted by molar-refractivity contribution is 8.14. The maximum absolute atomic E-state index is 11.9. The molecule has 82 valence electrons. The maximum atomic E-state index is 11.9. The van der Waals surface area contributed by atoms with Crippen LogP contribution in [0, 0.1) is 13.8 Å². The Balaban J connectivity index is 2.17. The molecule has 16 heavy (non-hydrogen) atoms. The maximum Gasteiger partial charge on any atom is 0.224 e. The SMILES string of the molecule is Cc1cc(SC(=O)c2ccccc2)c(C)o1. The first-order chi connectivity index (χ1) is 7.66. The Morgan fingerprint density at radius 2 is 1.88 bits per heavy atom. The van der Waals surface area contributed by atoms with Crippen LogP contribution < -0.4 is 0 Å². The smallest absolute Gasteiger partial charge is 0.224 e. The van der Waals surface area contributed by atoms with Crippen LogP contribution in [0.1, 0.15) is 21.9 Å². The first kappa shape index (κ1) is 11.0. The number of thioether (sulfide) groups is 1. The second kappa shape index (κ2) is 4.58. The summed E-state index contributed by atoms with van der Waals surface area (Å²) in [7, 11) is 0. The van der Waals surface area contributed by atoms with E-state index in [4.69, 9.17) is 4.42 Å². The Kier molecular flexibility index (Phi) is 3.15. The third kappa shape index (κ3) is 2.36. The summed E-state index contributed by atoms with van der Waals surface area (Å²) in [6.07, 6.45) is 0. The molecule has 2 rings (SSSR count). The Morgan fingerprint density at radius 3 is 2.44 bits per heavy atom. The molecule has 1 heterocycles. The molecule has 0 atom stereocenters. The molecular formula is C13H12O2S. The number of carbonyl (C=O) groups is 1. The molecule has 0 aliphatic heterocycles. The third-order valence-corrected chi connectivity index (χ3v) is 3.25. The second-order valence-corrected chi connectivity index (χ2v) is 4.55. The number of aryl methyl sites for hydroxylation is 2. The number of hydrogen-bond acceptors (Lipinski definition) is 3. The van der Waals surface area contributed by atoms with Gasteiger partial charge in [-0.3, -0.25) is 4.79 Å². The minimum atomic E-state index is 0.0458. The zero-order chi connectivity index (χ0) is 11.5. The standard InChI is InChI=1S/C13H12O2S/c1-9-8-12(10(2)15-9)16-13(14)11-6-4-3-5-7-11/h3-8H,1-2H3. The van der Waals surface area contributed by atoms with E-state index >= 15 is 0 Å². The van der Waals surface area contributed by atoms with Gasteiger partial charge < -0.3 is 4.42 Å². The van der Waals surface area contributed by atoms with E-state index in [9.17, 15) is 4.79 Å². The molecule has 0 aliphatic rings. The number of furan rings is 1. The molecule has 0 saturated heterocycles. The van der Waals surface area contributed by atoms with Crippen molar-refractivity contribution >= 4 is 16.9 Å². The number of rotatable bonds is 2. The summed E-state index contributed by atoms with van der Waals surface area (Å²) >= 11 is 1.21. The van der Waals surface area contributed by atoms with Crippen LogP contribution in [0.5, 0.6) is 0 Å². The molecule has 0 saturated carbocycles. The molecular weight excluding hydrogens is 220 g/mol. The monoisotopic (exact) mass is 232 g/mol. The molecule has 1 aromatic carbocycles. The third-order valence-electron chi connectivity index (χ3n) is 2.21. The molecule has 0 amide bonds. The van der Waals surface area contributed by atoms with E-state index < -0.39 is 0 Å². The molecule has 0 unspecified atom stereocenters. The average molecular weight is 232 g/mol. The zero-order valence-electron chi connectivity index (χ0n) is 9.19. The van der Waals surface area contributed by atoms with Crippen molar-refractivity contribution in [3.8, 4) is 0 Å².